The molecule has 0 aliphatic heterocycles. The fourth-order valence-corrected chi connectivity index (χ4v) is 1.42. The summed E-state index contributed by atoms with van der Waals surface area (Å²) in [6.07, 6.45) is -0.234. The van der Waals surface area contributed by atoms with Crippen LogP contribution in [0.15, 0.2) is 18.2 Å². The summed E-state index contributed by atoms with van der Waals surface area (Å²) in [5.74, 6) is -1.11. The third kappa shape index (κ3) is 3.27. The predicted octanol–water partition coefficient (Wildman–Crippen LogP) is -0.853. The molecule has 0 aliphatic rings. The minimum absolute atomic E-state index is 0.199. The monoisotopic (exact) mass is 237 g/mol. The fourth-order valence-electron chi connectivity index (χ4n) is 1.42. The number of aliphatic hydroxyl groups is 1. The Morgan fingerprint density at radius 3 is 2.53 bits per heavy atom. The zero-order valence-electron chi connectivity index (χ0n) is 9.22. The maximum Gasteiger partial charge on any atom is 0.219 e. The number of Topliss-reactive ketones (excluding diaryl/α,β-unsaturated/α-hetero) is 1. The van der Waals surface area contributed by atoms with E-state index in [1.807, 2.05) is 0 Å². The van der Waals surface area contributed by atoms with Crippen molar-refractivity contribution in [2.24, 2.45) is 11.5 Å². The number of aliphatic hydroxyl groups excluding tert-OH is 1. The van der Waals surface area contributed by atoms with Gasteiger partial charge < -0.3 is 22.3 Å². The highest BCUT2D eigenvalue weighted by atomic mass is 16.3. The van der Waals surface area contributed by atoms with Gasteiger partial charge in [0.1, 0.15) is 0 Å². The fraction of sp³-hybridized carbons (Fsp3) is 0.273. The smallest absolute Gasteiger partial charge is 0.219 e. The van der Waals surface area contributed by atoms with Gasteiger partial charge in [-0.3, -0.25) is 9.59 Å². The molecule has 1 amide bonds. The number of carbonyl (C=O) groups excluding carboxylic acids is 2. The van der Waals surface area contributed by atoms with Gasteiger partial charge in [-0.05, 0) is 17.7 Å². The highest BCUT2D eigenvalue weighted by Crippen LogP contribution is 2.16. The van der Waals surface area contributed by atoms with Crippen molar-refractivity contribution in [2.45, 2.75) is 19.1 Å². The highest BCUT2D eigenvalue weighted by molar-refractivity contribution is 6.05. The van der Waals surface area contributed by atoms with Gasteiger partial charge in [-0.15, -0.1) is 0 Å². The second-order valence-electron chi connectivity index (χ2n) is 3.72. The van der Waals surface area contributed by atoms with E-state index in [1.54, 1.807) is 6.07 Å². The van der Waals surface area contributed by atoms with Crippen LogP contribution in [0.3, 0.4) is 0 Å². The van der Waals surface area contributed by atoms with E-state index in [1.165, 1.54) is 12.1 Å². The number of ketones is 1. The van der Waals surface area contributed by atoms with Gasteiger partial charge >= 0.3 is 0 Å². The molecule has 0 saturated heterocycles. The summed E-state index contributed by atoms with van der Waals surface area (Å²) in [6.45, 7) is -0.203. The van der Waals surface area contributed by atoms with E-state index in [2.05, 4.69) is 0 Å². The van der Waals surface area contributed by atoms with Crippen LogP contribution in [-0.4, -0.2) is 22.8 Å². The lowest BCUT2D eigenvalue weighted by Crippen LogP contribution is -2.35. The maximum atomic E-state index is 11.9. The zero-order chi connectivity index (χ0) is 13.0. The molecule has 17 heavy (non-hydrogen) atoms. The van der Waals surface area contributed by atoms with Crippen LogP contribution in [0.4, 0.5) is 5.69 Å². The number of hydrogen-bond donors (Lipinski definition) is 4. The SMILES string of the molecule is NC(=O)C[C@H](N)C(=O)c1cc(CO)ccc1N. The van der Waals surface area contributed by atoms with Crippen molar-refractivity contribution in [3.05, 3.63) is 29.3 Å². The zero-order valence-corrected chi connectivity index (χ0v) is 9.22. The average Bonchev–Trinajstić information content (AvgIpc) is 2.28. The lowest BCUT2D eigenvalue weighted by molar-refractivity contribution is -0.118. The number of nitrogens with two attached hydrogens (primary N) is 3. The molecule has 1 rings (SSSR count). The summed E-state index contributed by atoms with van der Waals surface area (Å²) in [6, 6.07) is 3.56. The molecule has 0 heterocycles. The van der Waals surface area contributed by atoms with Crippen LogP contribution >= 0.6 is 0 Å². The van der Waals surface area contributed by atoms with E-state index in [0.29, 0.717) is 5.56 Å². The molecule has 7 N–H and O–H groups in total. The van der Waals surface area contributed by atoms with Crippen LogP contribution in [0.1, 0.15) is 22.3 Å². The van der Waals surface area contributed by atoms with Crippen LogP contribution in [-0.2, 0) is 11.4 Å². The largest absolute Gasteiger partial charge is 0.398 e. The molecule has 1 aromatic carbocycles. The van der Waals surface area contributed by atoms with Crippen molar-refractivity contribution < 1.29 is 14.7 Å². The number of primary amides is 1. The van der Waals surface area contributed by atoms with Gasteiger partial charge in [0.15, 0.2) is 5.78 Å². The van der Waals surface area contributed by atoms with Crippen LogP contribution < -0.4 is 17.2 Å². The molecular weight excluding hydrogens is 222 g/mol. The van der Waals surface area contributed by atoms with E-state index in [9.17, 15) is 9.59 Å². The maximum absolute atomic E-state index is 11.9. The second kappa shape index (κ2) is 5.42. The quantitative estimate of drug-likeness (QED) is 0.391. The molecule has 0 unspecified atom stereocenters. The molecular formula is C11H15N3O3. The molecule has 6 nitrogen and oxygen atoms in total. The second-order valence-corrected chi connectivity index (χ2v) is 3.72. The number of amides is 1. The third-order valence-corrected chi connectivity index (χ3v) is 2.32. The van der Waals surface area contributed by atoms with Crippen LogP contribution in [0.2, 0.25) is 0 Å². The summed E-state index contributed by atoms with van der Waals surface area (Å²) in [5, 5.41) is 8.96. The van der Waals surface area contributed by atoms with Crippen molar-refractivity contribution in [1.29, 1.82) is 0 Å². The van der Waals surface area contributed by atoms with Crippen molar-refractivity contribution in [3.63, 3.8) is 0 Å². The van der Waals surface area contributed by atoms with Gasteiger partial charge in [0.2, 0.25) is 5.91 Å². The third-order valence-electron chi connectivity index (χ3n) is 2.32. The number of hydrogen-bond acceptors (Lipinski definition) is 5. The molecule has 0 saturated carbocycles. The first-order valence-electron chi connectivity index (χ1n) is 5.03. The summed E-state index contributed by atoms with van der Waals surface area (Å²) in [7, 11) is 0. The molecule has 0 radical (unpaired) electrons. The number of anilines is 1. The predicted molar refractivity (Wildman–Crippen MR) is 62.9 cm³/mol. The Kier molecular flexibility index (Phi) is 4.19. The number of rotatable bonds is 5. The van der Waals surface area contributed by atoms with Gasteiger partial charge in [0.25, 0.3) is 0 Å². The number of nitrogen functional groups attached to an aromatic ring is 1. The minimum Gasteiger partial charge on any atom is -0.398 e. The minimum atomic E-state index is -1.01. The van der Waals surface area contributed by atoms with Crippen molar-refractivity contribution in [1.82, 2.24) is 0 Å². The molecule has 92 valence electrons. The van der Waals surface area contributed by atoms with Gasteiger partial charge in [0, 0.05) is 17.7 Å². The molecule has 0 fully saturated rings. The van der Waals surface area contributed by atoms with Crippen LogP contribution in [0, 0.1) is 0 Å². The van der Waals surface area contributed by atoms with E-state index < -0.39 is 17.7 Å². The molecule has 0 bridgehead atoms. The Hall–Kier alpha value is -1.92. The van der Waals surface area contributed by atoms with Gasteiger partial charge in [0.05, 0.1) is 12.6 Å². The lowest BCUT2D eigenvalue weighted by Gasteiger charge is -2.11. The standard InChI is InChI=1S/C11H15N3O3/c12-8-2-1-6(5-15)3-7(8)11(17)9(13)4-10(14)16/h1-3,9,15H,4-5,12-13H2,(H2,14,16)/t9-/m0/s1. The summed E-state index contributed by atoms with van der Waals surface area (Å²) >= 11 is 0. The Balaban J connectivity index is 2.98. The van der Waals surface area contributed by atoms with E-state index in [-0.39, 0.29) is 24.3 Å². The molecule has 0 aromatic heterocycles. The summed E-state index contributed by atoms with van der Waals surface area (Å²) in [4.78, 5) is 22.5. The van der Waals surface area contributed by atoms with Crippen LogP contribution in [0.25, 0.3) is 0 Å². The van der Waals surface area contributed by atoms with Gasteiger partial charge in [-0.25, -0.2) is 0 Å². The Morgan fingerprint density at radius 1 is 1.35 bits per heavy atom. The Bertz CT molecular complexity index is 446. The Morgan fingerprint density at radius 2 is 2.00 bits per heavy atom. The van der Waals surface area contributed by atoms with E-state index in [4.69, 9.17) is 22.3 Å². The molecule has 0 spiro atoms. The first-order chi connectivity index (χ1) is 7.95. The number of carbonyl (C=O) groups is 2. The van der Waals surface area contributed by atoms with Gasteiger partial charge in [-0.1, -0.05) is 6.07 Å². The van der Waals surface area contributed by atoms with Gasteiger partial charge in [-0.2, -0.15) is 0 Å². The Labute approximate surface area is 98.4 Å². The van der Waals surface area contributed by atoms with Crippen molar-refractivity contribution in [3.8, 4) is 0 Å². The first kappa shape index (κ1) is 13.1. The van der Waals surface area contributed by atoms with E-state index >= 15 is 0 Å². The molecule has 0 aliphatic carbocycles. The van der Waals surface area contributed by atoms with Crippen LogP contribution in [0.5, 0.6) is 0 Å². The molecule has 1 aromatic rings. The molecule has 1 atom stereocenters. The van der Waals surface area contributed by atoms with Crippen molar-refractivity contribution in [2.75, 3.05) is 5.73 Å². The van der Waals surface area contributed by atoms with Crippen molar-refractivity contribution >= 4 is 17.4 Å². The van der Waals surface area contributed by atoms with E-state index in [0.717, 1.165) is 0 Å². The average molecular weight is 237 g/mol. The highest BCUT2D eigenvalue weighted by Gasteiger charge is 2.20. The number of benzene rings is 1. The normalized spacial score (nSPS) is 12.1. The first-order valence-corrected chi connectivity index (χ1v) is 5.03. The summed E-state index contributed by atoms with van der Waals surface area (Å²) in [5.41, 5.74) is 17.1. The summed E-state index contributed by atoms with van der Waals surface area (Å²) < 4.78 is 0. The topological polar surface area (TPSA) is 132 Å². The molecule has 6 heteroatoms. The lowest BCUT2D eigenvalue weighted by atomic mass is 9.99.